The Hall–Kier alpha value is -0.910. The van der Waals surface area contributed by atoms with Gasteiger partial charge in [0.25, 0.3) is 0 Å². The molecule has 1 aromatic rings. The molecule has 1 N–H and O–H groups in total. The van der Waals surface area contributed by atoms with Crippen LogP contribution in [0.3, 0.4) is 0 Å². The van der Waals surface area contributed by atoms with Gasteiger partial charge >= 0.3 is 0 Å². The summed E-state index contributed by atoms with van der Waals surface area (Å²) in [7, 11) is -3.37. The van der Waals surface area contributed by atoms with Gasteiger partial charge in [0, 0.05) is 18.1 Å². The van der Waals surface area contributed by atoms with E-state index in [0.717, 1.165) is 11.0 Å². The summed E-state index contributed by atoms with van der Waals surface area (Å²) in [4.78, 5) is 3.81. The first-order valence-electron chi connectivity index (χ1n) is 3.76. The Balaban J connectivity index is 2.63. The van der Waals surface area contributed by atoms with Crippen LogP contribution in [0.4, 0.5) is 0 Å². The first-order valence-corrected chi connectivity index (χ1v) is 5.68. The molecule has 6 heteroatoms. The molecule has 0 saturated carbocycles. The van der Waals surface area contributed by atoms with Gasteiger partial charge in [-0.2, -0.15) is 0 Å². The maximum Gasteiger partial charge on any atom is 0.233 e. The van der Waals surface area contributed by atoms with E-state index in [0.29, 0.717) is 5.15 Å². The highest BCUT2D eigenvalue weighted by Crippen LogP contribution is 2.05. The average Bonchev–Trinajstić information content (AvgIpc) is 2.17. The van der Waals surface area contributed by atoms with Gasteiger partial charge in [-0.25, -0.2) is 18.1 Å². The quantitative estimate of drug-likeness (QED) is 0.796. The van der Waals surface area contributed by atoms with Crippen LogP contribution in [-0.4, -0.2) is 13.4 Å². The van der Waals surface area contributed by atoms with Crippen LogP contribution >= 0.6 is 11.6 Å². The number of halogens is 1. The summed E-state index contributed by atoms with van der Waals surface area (Å²) in [6.45, 7) is 3.35. The van der Waals surface area contributed by atoms with E-state index >= 15 is 0 Å². The fraction of sp³-hybridized carbons (Fsp3) is 0.125. The van der Waals surface area contributed by atoms with Gasteiger partial charge in [-0.05, 0) is 11.6 Å². The van der Waals surface area contributed by atoms with Gasteiger partial charge in [0.15, 0.2) is 0 Å². The zero-order chi connectivity index (χ0) is 10.6. The third-order valence-electron chi connectivity index (χ3n) is 1.49. The number of aromatic nitrogens is 1. The predicted molar refractivity (Wildman–Crippen MR) is 55.2 cm³/mol. The van der Waals surface area contributed by atoms with Crippen LogP contribution in [0.15, 0.2) is 30.3 Å². The van der Waals surface area contributed by atoms with E-state index in [1.165, 1.54) is 6.20 Å². The number of nitrogens with zero attached hydrogens (tertiary/aromatic N) is 1. The van der Waals surface area contributed by atoms with Crippen molar-refractivity contribution in [1.82, 2.24) is 9.71 Å². The smallest absolute Gasteiger partial charge is 0.233 e. The van der Waals surface area contributed by atoms with Crippen LogP contribution in [0.1, 0.15) is 5.56 Å². The molecule has 0 bridgehead atoms. The van der Waals surface area contributed by atoms with Gasteiger partial charge in [0.2, 0.25) is 10.0 Å². The van der Waals surface area contributed by atoms with Crippen LogP contribution in [0.5, 0.6) is 0 Å². The first-order chi connectivity index (χ1) is 6.53. The van der Waals surface area contributed by atoms with E-state index < -0.39 is 10.0 Å². The molecule has 0 radical (unpaired) electrons. The van der Waals surface area contributed by atoms with Crippen molar-refractivity contribution < 1.29 is 8.42 Å². The number of sulfonamides is 1. The molecule has 0 saturated heterocycles. The van der Waals surface area contributed by atoms with E-state index in [-0.39, 0.29) is 6.54 Å². The van der Waals surface area contributed by atoms with Crippen molar-refractivity contribution in [3.8, 4) is 0 Å². The Bertz CT molecular complexity index is 413. The number of hydrogen-bond donors (Lipinski definition) is 1. The molecular formula is C8H9ClN2O2S. The number of hydrogen-bond acceptors (Lipinski definition) is 3. The van der Waals surface area contributed by atoms with Crippen LogP contribution in [0.2, 0.25) is 5.15 Å². The van der Waals surface area contributed by atoms with Gasteiger partial charge in [-0.15, -0.1) is 0 Å². The van der Waals surface area contributed by atoms with Gasteiger partial charge in [-0.3, -0.25) is 0 Å². The van der Waals surface area contributed by atoms with Crippen molar-refractivity contribution in [3.63, 3.8) is 0 Å². The maximum atomic E-state index is 11.0. The SMILES string of the molecule is C=CS(=O)(=O)NCc1ccc(Cl)nc1. The van der Waals surface area contributed by atoms with Crippen LogP contribution < -0.4 is 4.72 Å². The highest BCUT2D eigenvalue weighted by atomic mass is 35.5. The minimum absolute atomic E-state index is 0.179. The molecule has 0 aliphatic rings. The van der Waals surface area contributed by atoms with Gasteiger partial charge in [0.05, 0.1) is 0 Å². The molecule has 76 valence electrons. The molecule has 0 unspecified atom stereocenters. The minimum atomic E-state index is -3.37. The number of pyridine rings is 1. The van der Waals surface area contributed by atoms with E-state index in [4.69, 9.17) is 11.6 Å². The maximum absolute atomic E-state index is 11.0. The molecule has 0 aliphatic carbocycles. The predicted octanol–water partition coefficient (Wildman–Crippen LogP) is 1.30. The van der Waals surface area contributed by atoms with E-state index in [1.807, 2.05) is 0 Å². The molecular weight excluding hydrogens is 224 g/mol. The summed E-state index contributed by atoms with van der Waals surface area (Å²) in [5, 5.41) is 1.23. The molecule has 0 aromatic carbocycles. The van der Waals surface area contributed by atoms with Crippen molar-refractivity contribution in [2.45, 2.75) is 6.54 Å². The molecule has 0 aliphatic heterocycles. The van der Waals surface area contributed by atoms with Crippen molar-refractivity contribution in [2.24, 2.45) is 0 Å². The average molecular weight is 233 g/mol. The van der Waals surface area contributed by atoms with Crippen molar-refractivity contribution in [1.29, 1.82) is 0 Å². The molecule has 0 amide bonds. The molecule has 0 atom stereocenters. The summed E-state index contributed by atoms with van der Waals surface area (Å²) in [5.41, 5.74) is 0.736. The molecule has 1 aromatic heterocycles. The summed E-state index contributed by atoms with van der Waals surface area (Å²) in [5.74, 6) is 0. The number of rotatable bonds is 4. The standard InChI is InChI=1S/C8H9ClN2O2S/c1-2-14(12,13)11-6-7-3-4-8(9)10-5-7/h2-5,11H,1,6H2. The molecule has 14 heavy (non-hydrogen) atoms. The summed E-state index contributed by atoms with van der Waals surface area (Å²) in [6, 6.07) is 3.29. The van der Waals surface area contributed by atoms with Crippen molar-refractivity contribution >= 4 is 21.6 Å². The molecule has 0 fully saturated rings. The highest BCUT2D eigenvalue weighted by Gasteiger charge is 2.03. The third kappa shape index (κ3) is 3.45. The Labute approximate surface area is 87.7 Å². The second-order valence-corrected chi connectivity index (χ2v) is 4.62. The summed E-state index contributed by atoms with van der Waals surface area (Å²) >= 11 is 5.56. The second-order valence-electron chi connectivity index (χ2n) is 2.52. The molecule has 1 rings (SSSR count). The molecule has 1 heterocycles. The zero-order valence-electron chi connectivity index (χ0n) is 7.27. The van der Waals surface area contributed by atoms with Crippen LogP contribution in [0, 0.1) is 0 Å². The number of nitrogens with one attached hydrogen (secondary N) is 1. The Morgan fingerprint density at radius 2 is 2.29 bits per heavy atom. The van der Waals surface area contributed by atoms with Gasteiger partial charge < -0.3 is 0 Å². The van der Waals surface area contributed by atoms with Gasteiger partial charge in [0.1, 0.15) is 5.15 Å². The summed E-state index contributed by atoms with van der Waals surface area (Å²) < 4.78 is 24.2. The Morgan fingerprint density at radius 1 is 1.57 bits per heavy atom. The lowest BCUT2D eigenvalue weighted by molar-refractivity contribution is 0.590. The van der Waals surface area contributed by atoms with E-state index in [1.54, 1.807) is 12.1 Å². The lowest BCUT2D eigenvalue weighted by atomic mass is 10.3. The second kappa shape index (κ2) is 4.54. The normalized spacial score (nSPS) is 11.2. The topological polar surface area (TPSA) is 59.1 Å². The minimum Gasteiger partial charge on any atom is -0.244 e. The first kappa shape index (κ1) is 11.2. The van der Waals surface area contributed by atoms with Crippen molar-refractivity contribution in [3.05, 3.63) is 41.0 Å². The molecule has 4 nitrogen and oxygen atoms in total. The van der Waals surface area contributed by atoms with E-state index in [9.17, 15) is 8.42 Å². The Morgan fingerprint density at radius 3 is 2.79 bits per heavy atom. The van der Waals surface area contributed by atoms with Gasteiger partial charge in [-0.1, -0.05) is 24.2 Å². The largest absolute Gasteiger partial charge is 0.244 e. The lowest BCUT2D eigenvalue weighted by Crippen LogP contribution is -2.20. The van der Waals surface area contributed by atoms with E-state index in [2.05, 4.69) is 16.3 Å². The monoisotopic (exact) mass is 232 g/mol. The fourth-order valence-corrected chi connectivity index (χ4v) is 1.35. The molecule has 0 spiro atoms. The zero-order valence-corrected chi connectivity index (χ0v) is 8.85. The van der Waals surface area contributed by atoms with Crippen LogP contribution in [-0.2, 0) is 16.6 Å². The Kier molecular flexibility index (Phi) is 3.62. The third-order valence-corrected chi connectivity index (χ3v) is 2.69. The lowest BCUT2D eigenvalue weighted by Gasteiger charge is -2.01. The van der Waals surface area contributed by atoms with Crippen LogP contribution in [0.25, 0.3) is 0 Å². The fourth-order valence-electron chi connectivity index (χ4n) is 0.754. The highest BCUT2D eigenvalue weighted by molar-refractivity contribution is 7.92. The van der Waals surface area contributed by atoms with Crippen molar-refractivity contribution in [2.75, 3.05) is 0 Å². The summed E-state index contributed by atoms with van der Waals surface area (Å²) in [6.07, 6.45) is 1.51.